The smallest absolute Gasteiger partial charge is 0.317 e. The van der Waals surface area contributed by atoms with Crippen molar-refractivity contribution >= 4 is 23.8 Å². The van der Waals surface area contributed by atoms with E-state index in [9.17, 15) is 34.5 Å². The monoisotopic (exact) mass is 530 g/mol. The molecule has 0 atom stereocenters. The van der Waals surface area contributed by atoms with Gasteiger partial charge in [-0.2, -0.15) is 0 Å². The van der Waals surface area contributed by atoms with E-state index in [4.69, 9.17) is 0 Å². The van der Waals surface area contributed by atoms with E-state index in [2.05, 4.69) is 17.6 Å². The van der Waals surface area contributed by atoms with Gasteiger partial charge in [0.2, 0.25) is 5.91 Å². The Hall–Kier alpha value is -2.32. The molecule has 1 saturated heterocycles. The molecule has 0 aromatic rings. The number of carboxylic acids is 3. The third-order valence-corrected chi connectivity index (χ3v) is 6.23. The lowest BCUT2D eigenvalue weighted by atomic mass is 10.2. The Bertz CT molecular complexity index is 664. The summed E-state index contributed by atoms with van der Waals surface area (Å²) in [7, 11) is 0. The molecular formula is C24H46N6O7. The quantitative estimate of drug-likeness (QED) is 0.151. The van der Waals surface area contributed by atoms with Gasteiger partial charge in [-0.3, -0.25) is 38.8 Å². The molecule has 0 aliphatic carbocycles. The molecule has 1 heterocycles. The number of carbonyl (C=O) groups is 4. The van der Waals surface area contributed by atoms with Crippen molar-refractivity contribution in [2.75, 3.05) is 98.2 Å². The van der Waals surface area contributed by atoms with Crippen molar-refractivity contribution in [3.63, 3.8) is 0 Å². The van der Waals surface area contributed by atoms with Gasteiger partial charge in [0.1, 0.15) is 0 Å². The van der Waals surface area contributed by atoms with E-state index in [1.807, 2.05) is 4.90 Å². The van der Waals surface area contributed by atoms with Crippen LogP contribution in [0, 0.1) is 0 Å². The molecule has 0 aromatic heterocycles. The number of aliphatic carboxylic acids is 3. The second-order valence-electron chi connectivity index (χ2n) is 9.40. The van der Waals surface area contributed by atoms with Crippen LogP contribution >= 0.6 is 0 Å². The fraction of sp³-hybridized carbons (Fsp3) is 0.833. The van der Waals surface area contributed by atoms with Gasteiger partial charge in [-0.25, -0.2) is 0 Å². The second-order valence-corrected chi connectivity index (χ2v) is 9.40. The summed E-state index contributed by atoms with van der Waals surface area (Å²) in [6.45, 7) is 7.29. The predicted molar refractivity (Wildman–Crippen MR) is 139 cm³/mol. The summed E-state index contributed by atoms with van der Waals surface area (Å²) in [5, 5.41) is 34.1. The van der Waals surface area contributed by atoms with Gasteiger partial charge >= 0.3 is 17.9 Å². The van der Waals surface area contributed by atoms with Crippen LogP contribution in [0.1, 0.15) is 32.6 Å². The zero-order valence-electron chi connectivity index (χ0n) is 22.2. The first kappa shape index (κ1) is 32.7. The van der Waals surface area contributed by atoms with Crippen LogP contribution in [0.4, 0.5) is 0 Å². The molecule has 13 nitrogen and oxygen atoms in total. The molecule has 0 saturated carbocycles. The van der Waals surface area contributed by atoms with Crippen molar-refractivity contribution in [3.05, 3.63) is 0 Å². The van der Waals surface area contributed by atoms with Crippen molar-refractivity contribution in [3.8, 4) is 0 Å². The summed E-state index contributed by atoms with van der Waals surface area (Å²) in [6.07, 6.45) is 4.17. The molecule has 214 valence electrons. The molecule has 1 aliphatic heterocycles. The van der Waals surface area contributed by atoms with Gasteiger partial charge in [0.15, 0.2) is 0 Å². The number of nitrogens with one attached hydrogen (secondary N) is 2. The summed E-state index contributed by atoms with van der Waals surface area (Å²) in [6, 6.07) is 0. The molecule has 0 bridgehead atoms. The molecular weight excluding hydrogens is 484 g/mol. The molecule has 1 amide bonds. The normalized spacial score (nSPS) is 17.5. The topological polar surface area (TPSA) is 166 Å². The van der Waals surface area contributed by atoms with E-state index < -0.39 is 17.9 Å². The lowest BCUT2D eigenvalue weighted by molar-refractivity contribution is -0.140. The Balaban J connectivity index is 2.70. The lowest BCUT2D eigenvalue weighted by Crippen LogP contribution is -2.49. The largest absolute Gasteiger partial charge is 0.480 e. The van der Waals surface area contributed by atoms with Crippen molar-refractivity contribution in [2.24, 2.45) is 0 Å². The zero-order chi connectivity index (χ0) is 27.5. The Morgan fingerprint density at radius 3 is 1.27 bits per heavy atom. The highest BCUT2D eigenvalue weighted by Gasteiger charge is 2.21. The average Bonchev–Trinajstić information content (AvgIpc) is 2.81. The maximum Gasteiger partial charge on any atom is 0.317 e. The Kier molecular flexibility index (Phi) is 17.5. The molecule has 37 heavy (non-hydrogen) atoms. The van der Waals surface area contributed by atoms with Gasteiger partial charge in [-0.15, -0.1) is 0 Å². The standard InChI is InChI=1S/C24H46N6O7/c1-2-25-7-5-3-4-6-8-26-21(31)17-27-9-11-28(18-22(32)33)13-15-30(20-24(36)37)16-14-29(12-10-27)19-23(34)35/h25H,2-20H2,1H3,(H,26,31)(H,32,33)(H,34,35)(H,36,37). The van der Waals surface area contributed by atoms with Crippen molar-refractivity contribution in [2.45, 2.75) is 32.6 Å². The molecule has 0 unspecified atom stereocenters. The maximum absolute atomic E-state index is 12.6. The molecule has 1 aliphatic rings. The van der Waals surface area contributed by atoms with Crippen molar-refractivity contribution in [1.29, 1.82) is 0 Å². The minimum Gasteiger partial charge on any atom is -0.480 e. The van der Waals surface area contributed by atoms with Crippen LogP contribution in [0.2, 0.25) is 0 Å². The lowest BCUT2D eigenvalue weighted by Gasteiger charge is -2.32. The minimum absolute atomic E-state index is 0.109. The number of nitrogens with zero attached hydrogens (tertiary/aromatic N) is 4. The van der Waals surface area contributed by atoms with Crippen LogP contribution in [0.5, 0.6) is 0 Å². The number of hydrogen-bond acceptors (Lipinski definition) is 9. The Labute approximate surface area is 219 Å². The van der Waals surface area contributed by atoms with Crippen LogP contribution in [0.25, 0.3) is 0 Å². The van der Waals surface area contributed by atoms with E-state index >= 15 is 0 Å². The number of carboxylic acid groups (broad SMARTS) is 3. The summed E-state index contributed by atoms with van der Waals surface area (Å²) < 4.78 is 0. The summed E-state index contributed by atoms with van der Waals surface area (Å²) in [5.74, 6) is -3.05. The highest BCUT2D eigenvalue weighted by molar-refractivity contribution is 5.78. The Morgan fingerprint density at radius 1 is 0.568 bits per heavy atom. The molecule has 0 spiro atoms. The highest BCUT2D eigenvalue weighted by atomic mass is 16.4. The van der Waals surface area contributed by atoms with Crippen LogP contribution in [-0.4, -0.2) is 157 Å². The van der Waals surface area contributed by atoms with E-state index in [0.717, 1.165) is 38.8 Å². The first-order chi connectivity index (χ1) is 17.7. The van der Waals surface area contributed by atoms with E-state index in [1.165, 1.54) is 0 Å². The van der Waals surface area contributed by atoms with Crippen LogP contribution in [0.15, 0.2) is 0 Å². The second kappa shape index (κ2) is 19.7. The SMILES string of the molecule is CCNCCCCCCNC(=O)CN1CCN(CC(=O)O)CCN(CC(=O)O)CCN(CC(=O)O)CC1. The van der Waals surface area contributed by atoms with Gasteiger partial charge < -0.3 is 26.0 Å². The van der Waals surface area contributed by atoms with Gasteiger partial charge in [-0.05, 0) is 25.9 Å². The fourth-order valence-electron chi connectivity index (χ4n) is 4.18. The molecule has 1 fully saturated rings. The number of hydrogen-bond donors (Lipinski definition) is 5. The zero-order valence-corrected chi connectivity index (χ0v) is 22.2. The van der Waals surface area contributed by atoms with E-state index in [0.29, 0.717) is 58.9 Å². The van der Waals surface area contributed by atoms with Crippen molar-refractivity contribution in [1.82, 2.24) is 30.2 Å². The predicted octanol–water partition coefficient (Wildman–Crippen LogP) is -1.25. The van der Waals surface area contributed by atoms with Gasteiger partial charge in [0.05, 0.1) is 26.2 Å². The highest BCUT2D eigenvalue weighted by Crippen LogP contribution is 2.02. The summed E-state index contributed by atoms with van der Waals surface area (Å²) in [4.78, 5) is 53.7. The van der Waals surface area contributed by atoms with Gasteiger partial charge in [0.25, 0.3) is 0 Å². The maximum atomic E-state index is 12.6. The number of carbonyl (C=O) groups excluding carboxylic acids is 1. The number of rotatable bonds is 16. The third-order valence-electron chi connectivity index (χ3n) is 6.23. The molecule has 13 heteroatoms. The van der Waals surface area contributed by atoms with E-state index in [1.54, 1.807) is 14.7 Å². The molecule has 0 aromatic carbocycles. The van der Waals surface area contributed by atoms with Gasteiger partial charge in [-0.1, -0.05) is 19.8 Å². The summed E-state index contributed by atoms with van der Waals surface area (Å²) >= 11 is 0. The van der Waals surface area contributed by atoms with E-state index in [-0.39, 0.29) is 32.1 Å². The molecule has 0 radical (unpaired) electrons. The summed E-state index contributed by atoms with van der Waals surface area (Å²) in [5.41, 5.74) is 0. The number of unbranched alkanes of at least 4 members (excludes halogenated alkanes) is 3. The van der Waals surface area contributed by atoms with Crippen LogP contribution < -0.4 is 10.6 Å². The van der Waals surface area contributed by atoms with Gasteiger partial charge in [0, 0.05) is 58.9 Å². The average molecular weight is 531 g/mol. The first-order valence-corrected chi connectivity index (χ1v) is 13.2. The molecule has 5 N–H and O–H groups in total. The first-order valence-electron chi connectivity index (χ1n) is 13.2. The Morgan fingerprint density at radius 2 is 0.919 bits per heavy atom. The minimum atomic E-state index is -0.993. The molecule has 1 rings (SSSR count). The number of amides is 1. The van der Waals surface area contributed by atoms with Crippen LogP contribution in [0.3, 0.4) is 0 Å². The third kappa shape index (κ3) is 17.7. The van der Waals surface area contributed by atoms with Crippen LogP contribution in [-0.2, 0) is 19.2 Å². The van der Waals surface area contributed by atoms with Crippen molar-refractivity contribution < 1.29 is 34.5 Å². The fourth-order valence-corrected chi connectivity index (χ4v) is 4.18.